The number of Topliss-reactive ketones (excluding diaryl/α,β-unsaturated/α-hetero) is 1. The van der Waals surface area contributed by atoms with E-state index in [0.717, 1.165) is 24.3 Å². The van der Waals surface area contributed by atoms with E-state index in [-0.39, 0.29) is 5.78 Å². The van der Waals surface area contributed by atoms with E-state index in [1.165, 1.54) is 18.3 Å². The molecule has 0 atom stereocenters. The van der Waals surface area contributed by atoms with Crippen LogP contribution in [0.1, 0.15) is 28.0 Å². The molecule has 1 aromatic rings. The Morgan fingerprint density at radius 3 is 3.00 bits per heavy atom. The lowest BCUT2D eigenvalue weighted by atomic mass is 10.3. The van der Waals surface area contributed by atoms with Gasteiger partial charge in [-0.3, -0.25) is 4.79 Å². The van der Waals surface area contributed by atoms with Gasteiger partial charge in [0.25, 0.3) is 0 Å². The quantitative estimate of drug-likeness (QED) is 0.537. The Labute approximate surface area is 81.8 Å². The van der Waals surface area contributed by atoms with E-state index in [0.29, 0.717) is 5.01 Å². The average molecular weight is 199 g/mol. The predicted molar refractivity (Wildman–Crippen MR) is 52.3 cm³/mol. The van der Waals surface area contributed by atoms with Gasteiger partial charge in [-0.15, -0.1) is 11.3 Å². The standard InChI is InChI=1S/C9H13NO2S/c1-7(11)9-10-6-8(13-9)4-3-5-12-2/h6H,3-5H2,1-2H3. The highest BCUT2D eigenvalue weighted by Crippen LogP contribution is 2.14. The average Bonchev–Trinajstić information content (AvgIpc) is 2.53. The van der Waals surface area contributed by atoms with E-state index in [4.69, 9.17) is 4.74 Å². The number of ketones is 1. The minimum Gasteiger partial charge on any atom is -0.385 e. The Balaban J connectivity index is 2.44. The molecule has 3 nitrogen and oxygen atoms in total. The van der Waals surface area contributed by atoms with E-state index >= 15 is 0 Å². The number of hydrogen-bond donors (Lipinski definition) is 0. The van der Waals surface area contributed by atoms with Crippen LogP contribution in [-0.2, 0) is 11.2 Å². The summed E-state index contributed by atoms with van der Waals surface area (Å²) in [5.41, 5.74) is 0. The van der Waals surface area contributed by atoms with Gasteiger partial charge in [0, 0.05) is 31.7 Å². The predicted octanol–water partition coefficient (Wildman–Crippen LogP) is 1.92. The molecule has 0 N–H and O–H groups in total. The van der Waals surface area contributed by atoms with Crippen LogP contribution < -0.4 is 0 Å². The first-order valence-corrected chi connectivity index (χ1v) is 5.00. The molecular formula is C9H13NO2S. The van der Waals surface area contributed by atoms with Crippen molar-refractivity contribution in [3.05, 3.63) is 16.1 Å². The van der Waals surface area contributed by atoms with Crippen molar-refractivity contribution < 1.29 is 9.53 Å². The van der Waals surface area contributed by atoms with E-state index in [1.54, 1.807) is 13.3 Å². The molecule has 1 aromatic heterocycles. The fraction of sp³-hybridized carbons (Fsp3) is 0.556. The van der Waals surface area contributed by atoms with Crippen molar-refractivity contribution in [2.75, 3.05) is 13.7 Å². The van der Waals surface area contributed by atoms with Crippen LogP contribution in [0.5, 0.6) is 0 Å². The second kappa shape index (κ2) is 5.09. The van der Waals surface area contributed by atoms with Gasteiger partial charge in [-0.2, -0.15) is 0 Å². The number of methoxy groups -OCH3 is 1. The van der Waals surface area contributed by atoms with Crippen molar-refractivity contribution in [2.24, 2.45) is 0 Å². The first-order valence-electron chi connectivity index (χ1n) is 4.18. The summed E-state index contributed by atoms with van der Waals surface area (Å²) >= 11 is 1.48. The van der Waals surface area contributed by atoms with Gasteiger partial charge in [0.1, 0.15) is 0 Å². The lowest BCUT2D eigenvalue weighted by Crippen LogP contribution is -1.90. The normalized spacial score (nSPS) is 10.3. The molecule has 4 heteroatoms. The van der Waals surface area contributed by atoms with Crippen LogP contribution in [0.2, 0.25) is 0 Å². The summed E-state index contributed by atoms with van der Waals surface area (Å²) < 4.78 is 4.94. The highest BCUT2D eigenvalue weighted by Gasteiger charge is 2.05. The van der Waals surface area contributed by atoms with Crippen molar-refractivity contribution in [2.45, 2.75) is 19.8 Å². The fourth-order valence-corrected chi connectivity index (χ4v) is 1.83. The second-order valence-electron chi connectivity index (χ2n) is 2.78. The fourth-order valence-electron chi connectivity index (χ4n) is 0.977. The maximum absolute atomic E-state index is 10.9. The van der Waals surface area contributed by atoms with Gasteiger partial charge in [0.15, 0.2) is 10.8 Å². The largest absolute Gasteiger partial charge is 0.385 e. The molecular weight excluding hydrogens is 186 g/mol. The molecule has 0 aliphatic rings. The van der Waals surface area contributed by atoms with Crippen molar-refractivity contribution in [3.63, 3.8) is 0 Å². The Morgan fingerprint density at radius 2 is 2.46 bits per heavy atom. The van der Waals surface area contributed by atoms with Gasteiger partial charge < -0.3 is 4.74 Å². The first kappa shape index (κ1) is 10.3. The molecule has 13 heavy (non-hydrogen) atoms. The maximum Gasteiger partial charge on any atom is 0.188 e. The van der Waals surface area contributed by atoms with Crippen LogP contribution in [0.4, 0.5) is 0 Å². The zero-order valence-corrected chi connectivity index (χ0v) is 8.69. The molecule has 0 aliphatic heterocycles. The van der Waals surface area contributed by atoms with E-state index in [2.05, 4.69) is 4.98 Å². The van der Waals surface area contributed by atoms with Crippen molar-refractivity contribution in [1.29, 1.82) is 0 Å². The van der Waals surface area contributed by atoms with Crippen molar-refractivity contribution in [1.82, 2.24) is 4.98 Å². The van der Waals surface area contributed by atoms with Crippen LogP contribution in [0, 0.1) is 0 Å². The molecule has 0 unspecified atom stereocenters. The molecule has 1 rings (SSSR count). The SMILES string of the molecule is COCCCc1cnc(C(C)=O)s1. The summed E-state index contributed by atoms with van der Waals surface area (Å²) in [4.78, 5) is 16.1. The van der Waals surface area contributed by atoms with Gasteiger partial charge in [-0.25, -0.2) is 4.98 Å². The van der Waals surface area contributed by atoms with Gasteiger partial charge in [-0.1, -0.05) is 0 Å². The number of hydrogen-bond acceptors (Lipinski definition) is 4. The third-order valence-electron chi connectivity index (χ3n) is 1.63. The lowest BCUT2D eigenvalue weighted by Gasteiger charge is -1.94. The van der Waals surface area contributed by atoms with Crippen LogP contribution in [0.3, 0.4) is 0 Å². The molecule has 0 aliphatic carbocycles. The molecule has 0 spiro atoms. The Morgan fingerprint density at radius 1 is 1.69 bits per heavy atom. The van der Waals surface area contributed by atoms with Gasteiger partial charge in [-0.05, 0) is 12.8 Å². The van der Waals surface area contributed by atoms with E-state index < -0.39 is 0 Å². The summed E-state index contributed by atoms with van der Waals surface area (Å²) in [5.74, 6) is 0.0444. The molecule has 0 amide bonds. The number of rotatable bonds is 5. The second-order valence-corrected chi connectivity index (χ2v) is 3.90. The number of aromatic nitrogens is 1. The molecule has 1 heterocycles. The summed E-state index contributed by atoms with van der Waals surface area (Å²) in [5, 5.41) is 0.604. The number of ether oxygens (including phenoxy) is 1. The van der Waals surface area contributed by atoms with Crippen LogP contribution in [-0.4, -0.2) is 24.5 Å². The number of thiazole rings is 1. The third-order valence-corrected chi connectivity index (χ3v) is 2.78. The van der Waals surface area contributed by atoms with Crippen molar-refractivity contribution >= 4 is 17.1 Å². The third kappa shape index (κ3) is 3.24. The monoisotopic (exact) mass is 199 g/mol. The molecule has 0 radical (unpaired) electrons. The number of aryl methyl sites for hydroxylation is 1. The smallest absolute Gasteiger partial charge is 0.188 e. The summed E-state index contributed by atoms with van der Waals surface area (Å²) in [7, 11) is 1.69. The Hall–Kier alpha value is -0.740. The molecule has 0 fully saturated rings. The summed E-state index contributed by atoms with van der Waals surface area (Å²) in [6.07, 6.45) is 3.70. The molecule has 0 bridgehead atoms. The minimum absolute atomic E-state index is 0.0444. The van der Waals surface area contributed by atoms with Crippen LogP contribution in [0.25, 0.3) is 0 Å². The van der Waals surface area contributed by atoms with Crippen LogP contribution >= 0.6 is 11.3 Å². The Bertz CT molecular complexity index is 283. The highest BCUT2D eigenvalue weighted by atomic mass is 32.1. The van der Waals surface area contributed by atoms with E-state index in [1.807, 2.05) is 0 Å². The molecule has 72 valence electrons. The molecule has 0 saturated carbocycles. The van der Waals surface area contributed by atoms with E-state index in [9.17, 15) is 4.79 Å². The lowest BCUT2D eigenvalue weighted by molar-refractivity contribution is 0.101. The number of carbonyl (C=O) groups excluding carboxylic acids is 1. The van der Waals surface area contributed by atoms with Gasteiger partial charge >= 0.3 is 0 Å². The van der Waals surface area contributed by atoms with Gasteiger partial charge in [0.2, 0.25) is 0 Å². The maximum atomic E-state index is 10.9. The van der Waals surface area contributed by atoms with Crippen LogP contribution in [0.15, 0.2) is 6.20 Å². The zero-order chi connectivity index (χ0) is 9.68. The topological polar surface area (TPSA) is 39.2 Å². The summed E-state index contributed by atoms with van der Waals surface area (Å²) in [6, 6.07) is 0. The first-order chi connectivity index (χ1) is 6.24. The summed E-state index contributed by atoms with van der Waals surface area (Å²) in [6.45, 7) is 2.30. The number of nitrogens with zero attached hydrogens (tertiary/aromatic N) is 1. The van der Waals surface area contributed by atoms with Gasteiger partial charge in [0.05, 0.1) is 0 Å². The highest BCUT2D eigenvalue weighted by molar-refractivity contribution is 7.13. The Kier molecular flexibility index (Phi) is 4.05. The minimum atomic E-state index is 0.0444. The molecule has 0 aromatic carbocycles. The van der Waals surface area contributed by atoms with Crippen molar-refractivity contribution in [3.8, 4) is 0 Å². The molecule has 0 saturated heterocycles. The zero-order valence-electron chi connectivity index (χ0n) is 7.87. The number of carbonyl (C=O) groups is 1.